The summed E-state index contributed by atoms with van der Waals surface area (Å²) >= 11 is 0. The summed E-state index contributed by atoms with van der Waals surface area (Å²) in [5.41, 5.74) is 7.26. The molecule has 1 aromatic heterocycles. The molecule has 1 aliphatic carbocycles. The molecule has 2 unspecified atom stereocenters. The van der Waals surface area contributed by atoms with Crippen LogP contribution in [0.25, 0.3) is 0 Å². The van der Waals surface area contributed by atoms with Crippen molar-refractivity contribution in [3.05, 3.63) is 36.3 Å². The van der Waals surface area contributed by atoms with Crippen molar-refractivity contribution in [3.63, 3.8) is 0 Å². The Morgan fingerprint density at radius 3 is 2.69 bits per heavy atom. The second-order valence-corrected chi connectivity index (χ2v) is 8.25. The van der Waals surface area contributed by atoms with Gasteiger partial charge in [-0.15, -0.1) is 0 Å². The highest BCUT2D eigenvalue weighted by atomic mass is 19.1. The predicted octanol–water partition coefficient (Wildman–Crippen LogP) is 2.09. The number of piperazine rings is 1. The highest BCUT2D eigenvalue weighted by Crippen LogP contribution is 2.29. The summed E-state index contributed by atoms with van der Waals surface area (Å²) < 4.78 is 14.3. The lowest BCUT2D eigenvalue weighted by Crippen LogP contribution is -2.48. The average molecular weight is 442 g/mol. The average Bonchev–Trinajstić information content (AvgIpc) is 3.25. The van der Waals surface area contributed by atoms with Crippen LogP contribution in [-0.4, -0.2) is 58.9 Å². The van der Waals surface area contributed by atoms with Crippen LogP contribution in [0.2, 0.25) is 0 Å². The summed E-state index contributed by atoms with van der Waals surface area (Å²) in [7, 11) is 0. The summed E-state index contributed by atoms with van der Waals surface area (Å²) in [6.07, 6.45) is 3.39. The van der Waals surface area contributed by atoms with Crippen LogP contribution >= 0.6 is 0 Å². The van der Waals surface area contributed by atoms with Crippen molar-refractivity contribution in [2.45, 2.75) is 32.2 Å². The Morgan fingerprint density at radius 2 is 1.97 bits per heavy atom. The maximum absolute atomic E-state index is 14.3. The molecule has 2 amide bonds. The molecule has 0 radical (unpaired) electrons. The summed E-state index contributed by atoms with van der Waals surface area (Å²) in [6.45, 7) is 4.49. The van der Waals surface area contributed by atoms with Crippen LogP contribution in [0.4, 0.5) is 27.5 Å². The van der Waals surface area contributed by atoms with Crippen molar-refractivity contribution in [3.8, 4) is 0 Å². The number of carbonyl (C=O) groups is 2. The second kappa shape index (κ2) is 9.37. The zero-order chi connectivity index (χ0) is 22.7. The lowest BCUT2D eigenvalue weighted by Gasteiger charge is -2.35. The molecule has 10 heteroatoms. The van der Waals surface area contributed by atoms with Gasteiger partial charge in [-0.1, -0.05) is 12.5 Å². The van der Waals surface area contributed by atoms with Gasteiger partial charge in [0.2, 0.25) is 17.8 Å². The Morgan fingerprint density at radius 1 is 1.19 bits per heavy atom. The molecule has 4 N–H and O–H groups in total. The van der Waals surface area contributed by atoms with Gasteiger partial charge in [0.1, 0.15) is 0 Å². The van der Waals surface area contributed by atoms with Crippen molar-refractivity contribution in [1.82, 2.24) is 14.9 Å². The molecule has 32 heavy (non-hydrogen) atoms. The number of nitrogens with one attached hydrogen (secondary N) is 2. The van der Waals surface area contributed by atoms with E-state index >= 15 is 0 Å². The van der Waals surface area contributed by atoms with Crippen molar-refractivity contribution in [2.75, 3.05) is 41.7 Å². The van der Waals surface area contributed by atoms with Gasteiger partial charge in [0.15, 0.2) is 11.6 Å². The number of carbonyl (C=O) groups excluding carboxylic acids is 2. The zero-order valence-corrected chi connectivity index (χ0v) is 18.1. The Balaban J connectivity index is 1.44. The van der Waals surface area contributed by atoms with Crippen LogP contribution < -0.4 is 21.3 Å². The fourth-order valence-corrected chi connectivity index (χ4v) is 4.37. The van der Waals surface area contributed by atoms with Crippen LogP contribution in [0.5, 0.6) is 0 Å². The quantitative estimate of drug-likeness (QED) is 0.628. The number of nitrogens with zero attached hydrogens (tertiary/aromatic N) is 4. The van der Waals surface area contributed by atoms with Gasteiger partial charge in [0, 0.05) is 50.5 Å². The Labute approximate surface area is 186 Å². The molecule has 2 heterocycles. The summed E-state index contributed by atoms with van der Waals surface area (Å²) in [5, 5.41) is 6.16. The number of halogens is 1. The smallest absolute Gasteiger partial charge is 0.229 e. The van der Waals surface area contributed by atoms with E-state index in [1.54, 1.807) is 6.92 Å². The van der Waals surface area contributed by atoms with Crippen molar-refractivity contribution in [1.29, 1.82) is 0 Å². The molecule has 0 bridgehead atoms. The highest BCUT2D eigenvalue weighted by Gasteiger charge is 2.32. The van der Waals surface area contributed by atoms with Crippen LogP contribution in [-0.2, 0) is 9.59 Å². The molecule has 0 spiro atoms. The number of benzene rings is 1. The van der Waals surface area contributed by atoms with E-state index in [1.165, 1.54) is 0 Å². The minimum atomic E-state index is -0.581. The van der Waals surface area contributed by atoms with Gasteiger partial charge in [-0.05, 0) is 31.0 Å². The number of amides is 2. The molecule has 2 atom stereocenters. The van der Waals surface area contributed by atoms with Crippen molar-refractivity contribution >= 4 is 35.0 Å². The minimum absolute atomic E-state index is 0.0529. The van der Waals surface area contributed by atoms with Crippen LogP contribution in [0.1, 0.15) is 26.2 Å². The molecule has 4 rings (SSSR count). The fraction of sp³-hybridized carbons (Fsp3) is 0.455. The van der Waals surface area contributed by atoms with Gasteiger partial charge in [-0.25, -0.2) is 9.37 Å². The van der Waals surface area contributed by atoms with Crippen LogP contribution in [0, 0.1) is 11.7 Å². The van der Waals surface area contributed by atoms with Gasteiger partial charge in [-0.3, -0.25) is 9.59 Å². The van der Waals surface area contributed by atoms with Gasteiger partial charge in [0.25, 0.3) is 0 Å². The molecule has 1 saturated carbocycles. The van der Waals surface area contributed by atoms with Crippen molar-refractivity contribution in [2.24, 2.45) is 11.7 Å². The fourth-order valence-electron chi connectivity index (χ4n) is 4.37. The van der Waals surface area contributed by atoms with Gasteiger partial charge in [-0.2, -0.15) is 4.98 Å². The first-order valence-electron chi connectivity index (χ1n) is 10.9. The van der Waals surface area contributed by atoms with Gasteiger partial charge < -0.3 is 26.2 Å². The largest absolute Gasteiger partial charge is 0.369 e. The van der Waals surface area contributed by atoms with Gasteiger partial charge in [0.05, 0.1) is 12.1 Å². The lowest BCUT2D eigenvalue weighted by atomic mass is 10.0. The van der Waals surface area contributed by atoms with E-state index in [1.807, 2.05) is 29.2 Å². The first kappa shape index (κ1) is 21.8. The number of primary amides is 1. The molecule has 170 valence electrons. The van der Waals surface area contributed by atoms with E-state index in [9.17, 15) is 14.0 Å². The van der Waals surface area contributed by atoms with E-state index in [0.29, 0.717) is 19.5 Å². The number of nitrogens with two attached hydrogens (primary N) is 1. The number of hydrogen-bond acceptors (Lipinski definition) is 7. The van der Waals surface area contributed by atoms with E-state index in [0.717, 1.165) is 43.5 Å². The lowest BCUT2D eigenvalue weighted by molar-refractivity contribution is -0.129. The third-order valence-electron chi connectivity index (χ3n) is 6.14. The standard InChI is InChI=1S/C22H28FN7O2/c1-14(31)29-8-10-30(11-9-29)16-5-2-4-15(12-16)26-22-25-13-18(23)21(28-22)27-19-7-3-6-17(19)20(24)32/h2,4-5,12-13,17,19H,3,6-11H2,1H3,(H2,24,32)(H2,25,26,27,28). The first-order valence-corrected chi connectivity index (χ1v) is 10.9. The highest BCUT2D eigenvalue weighted by molar-refractivity contribution is 5.78. The normalized spacial score (nSPS) is 20.8. The molecular formula is C22H28FN7O2. The summed E-state index contributed by atoms with van der Waals surface area (Å²) in [5.74, 6) is -0.895. The SMILES string of the molecule is CC(=O)N1CCN(c2cccc(Nc3ncc(F)c(NC4CCCC4C(N)=O)n3)c2)CC1. The Bertz CT molecular complexity index is 994. The molecule has 2 aromatic rings. The molecule has 2 aliphatic rings. The molecule has 1 saturated heterocycles. The van der Waals surface area contributed by atoms with E-state index < -0.39 is 5.82 Å². The Hall–Kier alpha value is -3.43. The third kappa shape index (κ3) is 4.90. The Kier molecular flexibility index (Phi) is 6.38. The molecule has 1 aromatic carbocycles. The molecular weight excluding hydrogens is 413 g/mol. The third-order valence-corrected chi connectivity index (χ3v) is 6.14. The van der Waals surface area contributed by atoms with Gasteiger partial charge >= 0.3 is 0 Å². The molecule has 9 nitrogen and oxygen atoms in total. The number of rotatable bonds is 6. The molecule has 2 fully saturated rings. The van der Waals surface area contributed by atoms with E-state index in [-0.39, 0.29) is 35.5 Å². The first-order chi connectivity index (χ1) is 15.4. The summed E-state index contributed by atoms with van der Waals surface area (Å²) in [6, 6.07) is 7.56. The van der Waals surface area contributed by atoms with E-state index in [2.05, 4.69) is 25.5 Å². The monoisotopic (exact) mass is 441 g/mol. The van der Waals surface area contributed by atoms with E-state index in [4.69, 9.17) is 5.73 Å². The predicted molar refractivity (Wildman–Crippen MR) is 120 cm³/mol. The van der Waals surface area contributed by atoms with Crippen molar-refractivity contribution < 1.29 is 14.0 Å². The summed E-state index contributed by atoms with van der Waals surface area (Å²) in [4.78, 5) is 35.5. The van der Waals surface area contributed by atoms with Crippen LogP contribution in [0.15, 0.2) is 30.5 Å². The number of hydrogen-bond donors (Lipinski definition) is 3. The van der Waals surface area contributed by atoms with Crippen LogP contribution in [0.3, 0.4) is 0 Å². The maximum Gasteiger partial charge on any atom is 0.229 e. The number of anilines is 4. The maximum atomic E-state index is 14.3. The second-order valence-electron chi connectivity index (χ2n) is 8.25. The number of aromatic nitrogens is 2. The topological polar surface area (TPSA) is 116 Å². The zero-order valence-electron chi connectivity index (χ0n) is 18.1. The minimum Gasteiger partial charge on any atom is -0.369 e. The molecule has 1 aliphatic heterocycles.